The lowest BCUT2D eigenvalue weighted by molar-refractivity contribution is 0.943. The highest BCUT2D eigenvalue weighted by molar-refractivity contribution is 7.80. The molecule has 0 bridgehead atoms. The van der Waals surface area contributed by atoms with Gasteiger partial charge < -0.3 is 11.1 Å². The molecule has 6 heteroatoms. The van der Waals surface area contributed by atoms with Crippen molar-refractivity contribution in [2.24, 2.45) is 5.73 Å². The van der Waals surface area contributed by atoms with Gasteiger partial charge in [-0.1, -0.05) is 19.1 Å². The first-order valence-corrected chi connectivity index (χ1v) is 7.76. The quantitative estimate of drug-likeness (QED) is 0.832. The normalized spacial score (nSPS) is 10.6. The maximum absolute atomic E-state index is 5.82. The molecule has 0 amide bonds. The molecule has 2 rings (SSSR count). The van der Waals surface area contributed by atoms with Crippen LogP contribution in [-0.4, -0.2) is 15.2 Å². The maximum Gasteiger partial charge on any atom is 0.159 e. The van der Waals surface area contributed by atoms with Crippen LogP contribution in [0.3, 0.4) is 0 Å². The molecular weight excluding hydrogens is 288 g/mol. The Labute approximate surface area is 128 Å². The van der Waals surface area contributed by atoms with Gasteiger partial charge in [0.15, 0.2) is 5.82 Å². The summed E-state index contributed by atoms with van der Waals surface area (Å²) < 4.78 is 0. The first-order valence-electron chi connectivity index (χ1n) is 6.47. The van der Waals surface area contributed by atoms with Crippen molar-refractivity contribution in [1.82, 2.24) is 10.2 Å². The van der Waals surface area contributed by atoms with E-state index in [1.54, 1.807) is 11.3 Å². The predicted molar refractivity (Wildman–Crippen MR) is 88.4 cm³/mol. The minimum Gasteiger partial charge on any atom is -0.389 e. The Morgan fingerprint density at radius 1 is 1.40 bits per heavy atom. The molecule has 4 nitrogen and oxygen atoms in total. The van der Waals surface area contributed by atoms with Gasteiger partial charge in [0.05, 0.1) is 17.8 Å². The molecule has 0 saturated heterocycles. The predicted octanol–water partition coefficient (Wildman–Crippen LogP) is 2.96. The molecule has 20 heavy (non-hydrogen) atoms. The zero-order valence-electron chi connectivity index (χ0n) is 11.9. The van der Waals surface area contributed by atoms with Gasteiger partial charge in [-0.2, -0.15) is 5.10 Å². The van der Waals surface area contributed by atoms with Crippen molar-refractivity contribution in [3.8, 4) is 0 Å². The third kappa shape index (κ3) is 2.96. The average Bonchev–Trinajstić information content (AvgIpc) is 2.87. The third-order valence-electron chi connectivity index (χ3n) is 3.34. The Bertz CT molecular complexity index is 634. The molecule has 0 fully saturated rings. The van der Waals surface area contributed by atoms with Crippen molar-refractivity contribution in [3.05, 3.63) is 38.7 Å². The standard InChI is InChI=1S/C14H18N4S2/c1-4-10-5-6-20-11(10)7-16-14-12(13(15)19)8(2)9(3)17-18-14/h5-6H,4,7H2,1-3H3,(H2,15,19)(H,16,18). The van der Waals surface area contributed by atoms with Crippen LogP contribution < -0.4 is 11.1 Å². The number of nitrogens with zero attached hydrogens (tertiary/aromatic N) is 2. The Kier molecular flexibility index (Phi) is 4.67. The Hall–Kier alpha value is -1.53. The first kappa shape index (κ1) is 14.9. The minimum absolute atomic E-state index is 0.352. The average molecular weight is 306 g/mol. The van der Waals surface area contributed by atoms with Gasteiger partial charge in [-0.25, -0.2) is 0 Å². The summed E-state index contributed by atoms with van der Waals surface area (Å²) in [4.78, 5) is 1.66. The number of anilines is 1. The third-order valence-corrected chi connectivity index (χ3v) is 4.50. The van der Waals surface area contributed by atoms with E-state index < -0.39 is 0 Å². The lowest BCUT2D eigenvalue weighted by atomic mass is 10.1. The molecule has 0 aliphatic carbocycles. The van der Waals surface area contributed by atoms with Gasteiger partial charge in [-0.05, 0) is 42.8 Å². The van der Waals surface area contributed by atoms with Crippen LogP contribution in [0.25, 0.3) is 0 Å². The zero-order valence-corrected chi connectivity index (χ0v) is 13.5. The van der Waals surface area contributed by atoms with Gasteiger partial charge in [-0.15, -0.1) is 16.4 Å². The Morgan fingerprint density at radius 3 is 2.80 bits per heavy atom. The summed E-state index contributed by atoms with van der Waals surface area (Å²) in [6.07, 6.45) is 1.03. The van der Waals surface area contributed by atoms with Crippen molar-refractivity contribution < 1.29 is 0 Å². The smallest absolute Gasteiger partial charge is 0.159 e. The van der Waals surface area contributed by atoms with Crippen molar-refractivity contribution in [2.75, 3.05) is 5.32 Å². The van der Waals surface area contributed by atoms with Crippen molar-refractivity contribution in [1.29, 1.82) is 0 Å². The van der Waals surface area contributed by atoms with Crippen molar-refractivity contribution in [2.45, 2.75) is 33.7 Å². The van der Waals surface area contributed by atoms with Crippen LogP contribution >= 0.6 is 23.6 Å². The summed E-state index contributed by atoms with van der Waals surface area (Å²) >= 11 is 6.87. The van der Waals surface area contributed by atoms with Crippen LogP contribution in [0.5, 0.6) is 0 Å². The van der Waals surface area contributed by atoms with E-state index >= 15 is 0 Å². The van der Waals surface area contributed by atoms with E-state index in [9.17, 15) is 0 Å². The number of thiocarbonyl (C=S) groups is 1. The van der Waals surface area contributed by atoms with Crippen molar-refractivity contribution >= 4 is 34.4 Å². The number of thiophene rings is 1. The van der Waals surface area contributed by atoms with Crippen LogP contribution in [0, 0.1) is 13.8 Å². The fraction of sp³-hybridized carbons (Fsp3) is 0.357. The van der Waals surface area contributed by atoms with Crippen LogP contribution in [0.4, 0.5) is 5.82 Å². The number of aryl methyl sites for hydroxylation is 2. The molecule has 0 aliphatic rings. The molecular formula is C14H18N4S2. The van der Waals surface area contributed by atoms with Gasteiger partial charge in [0.2, 0.25) is 0 Å². The van der Waals surface area contributed by atoms with Crippen LogP contribution in [0.2, 0.25) is 0 Å². The second-order valence-corrected chi connectivity index (χ2v) is 6.01. The van der Waals surface area contributed by atoms with Crippen LogP contribution in [-0.2, 0) is 13.0 Å². The molecule has 0 radical (unpaired) electrons. The van der Waals surface area contributed by atoms with E-state index in [4.69, 9.17) is 18.0 Å². The molecule has 0 atom stereocenters. The summed E-state index contributed by atoms with van der Waals surface area (Å²) in [5.41, 5.74) is 9.80. The van der Waals surface area contributed by atoms with Crippen LogP contribution in [0.15, 0.2) is 11.4 Å². The minimum atomic E-state index is 0.352. The zero-order chi connectivity index (χ0) is 14.7. The van der Waals surface area contributed by atoms with E-state index in [1.165, 1.54) is 10.4 Å². The van der Waals surface area contributed by atoms with Crippen LogP contribution in [0.1, 0.15) is 34.2 Å². The molecule has 0 aliphatic heterocycles. The molecule has 3 N–H and O–H groups in total. The molecule has 0 saturated carbocycles. The van der Waals surface area contributed by atoms with Gasteiger partial charge >= 0.3 is 0 Å². The van der Waals surface area contributed by atoms with Gasteiger partial charge in [0, 0.05) is 4.88 Å². The molecule has 2 heterocycles. The fourth-order valence-electron chi connectivity index (χ4n) is 2.03. The lowest BCUT2D eigenvalue weighted by Gasteiger charge is -2.13. The number of nitrogens with one attached hydrogen (secondary N) is 1. The fourth-order valence-corrected chi connectivity index (χ4v) is 3.20. The van der Waals surface area contributed by atoms with Gasteiger partial charge in [-0.3, -0.25) is 0 Å². The van der Waals surface area contributed by atoms with Crippen molar-refractivity contribution in [3.63, 3.8) is 0 Å². The molecule has 106 valence electrons. The summed E-state index contributed by atoms with van der Waals surface area (Å²) in [7, 11) is 0. The number of aromatic nitrogens is 2. The number of hydrogen-bond donors (Lipinski definition) is 2. The maximum atomic E-state index is 5.82. The van der Waals surface area contributed by atoms with E-state index in [0.717, 1.165) is 23.2 Å². The molecule has 0 unspecified atom stereocenters. The highest BCUT2D eigenvalue weighted by Crippen LogP contribution is 2.22. The summed E-state index contributed by atoms with van der Waals surface area (Å²) in [5, 5.41) is 13.7. The number of rotatable bonds is 5. The Balaban J connectivity index is 2.26. The van der Waals surface area contributed by atoms with E-state index in [2.05, 4.69) is 33.9 Å². The van der Waals surface area contributed by atoms with E-state index in [1.807, 2.05) is 13.8 Å². The summed E-state index contributed by atoms with van der Waals surface area (Å²) in [5.74, 6) is 0.663. The van der Waals surface area contributed by atoms with E-state index in [-0.39, 0.29) is 0 Å². The number of hydrogen-bond acceptors (Lipinski definition) is 5. The molecule has 0 spiro atoms. The topological polar surface area (TPSA) is 63.8 Å². The molecule has 0 aromatic carbocycles. The Morgan fingerprint density at radius 2 is 2.15 bits per heavy atom. The number of nitrogens with two attached hydrogens (primary N) is 1. The second kappa shape index (κ2) is 6.28. The largest absolute Gasteiger partial charge is 0.389 e. The SMILES string of the molecule is CCc1ccsc1CNc1nnc(C)c(C)c1C(N)=S. The summed E-state index contributed by atoms with van der Waals surface area (Å²) in [6, 6.07) is 2.15. The lowest BCUT2D eigenvalue weighted by Crippen LogP contribution is -2.18. The van der Waals surface area contributed by atoms with E-state index in [0.29, 0.717) is 17.4 Å². The van der Waals surface area contributed by atoms with Gasteiger partial charge in [0.25, 0.3) is 0 Å². The summed E-state index contributed by atoms with van der Waals surface area (Å²) in [6.45, 7) is 6.74. The van der Waals surface area contributed by atoms with Gasteiger partial charge in [0.1, 0.15) is 4.99 Å². The molecule has 2 aromatic rings. The monoisotopic (exact) mass is 306 g/mol. The molecule has 2 aromatic heterocycles. The second-order valence-electron chi connectivity index (χ2n) is 4.57. The first-order chi connectivity index (χ1) is 9.54. The highest BCUT2D eigenvalue weighted by Gasteiger charge is 2.14. The highest BCUT2D eigenvalue weighted by atomic mass is 32.1.